The van der Waals surface area contributed by atoms with Gasteiger partial charge in [0.25, 0.3) is 6.47 Å². The van der Waals surface area contributed by atoms with E-state index in [0.29, 0.717) is 38.4 Å². The maximum Gasteiger partial charge on any atom is 0.437 e. The van der Waals surface area contributed by atoms with Crippen LogP contribution in [0.5, 0.6) is 11.5 Å². The summed E-state index contributed by atoms with van der Waals surface area (Å²) in [7, 11) is 0. The van der Waals surface area contributed by atoms with Gasteiger partial charge in [0.05, 0.1) is 33.7 Å². The second-order valence-electron chi connectivity index (χ2n) is 10.3. The Labute approximate surface area is 257 Å². The number of halogens is 6. The fourth-order valence-corrected chi connectivity index (χ4v) is 5.97. The van der Waals surface area contributed by atoms with Crippen LogP contribution >= 0.6 is 34.8 Å². The topological polar surface area (TPSA) is 97.9 Å². The monoisotopic (exact) mass is 653 g/mol. The number of carbonyl (C=O) groups excluding carboxylic acids is 1. The number of β-amino-alcohol motifs (C(OH)–C–C–N with tert-alkyl or cyclic N) is 1. The number of ether oxygens (including phenoxy) is 2. The van der Waals surface area contributed by atoms with Crippen molar-refractivity contribution in [2.75, 3.05) is 18.0 Å². The van der Waals surface area contributed by atoms with Gasteiger partial charge < -0.3 is 24.0 Å². The van der Waals surface area contributed by atoms with Crippen LogP contribution in [0, 0.1) is 0 Å². The molecule has 43 heavy (non-hydrogen) atoms. The summed E-state index contributed by atoms with van der Waals surface area (Å²) in [5.41, 5.74) is -0.645. The lowest BCUT2D eigenvalue weighted by Gasteiger charge is -2.47. The first-order valence-electron chi connectivity index (χ1n) is 13.0. The molecule has 1 N–H and O–H groups in total. The molecule has 0 atom stereocenters. The molecule has 4 aromatic rings. The third-order valence-electron chi connectivity index (χ3n) is 7.31. The molecule has 2 aromatic carbocycles. The average molecular weight is 655 g/mol. The summed E-state index contributed by atoms with van der Waals surface area (Å²) in [5, 5.41) is 16.5. The fraction of sp³-hybridized carbons (Fsp3) is 0.276. The predicted molar refractivity (Wildman–Crippen MR) is 152 cm³/mol. The van der Waals surface area contributed by atoms with E-state index in [-0.39, 0.29) is 42.9 Å². The van der Waals surface area contributed by atoms with E-state index in [1.807, 2.05) is 0 Å². The van der Waals surface area contributed by atoms with Gasteiger partial charge in [0.15, 0.2) is 11.4 Å². The molecular weight excluding hydrogens is 634 g/mol. The number of alkyl halides is 3. The zero-order valence-electron chi connectivity index (χ0n) is 22.0. The van der Waals surface area contributed by atoms with E-state index in [1.54, 1.807) is 36.4 Å². The smallest absolute Gasteiger partial charge is 0.437 e. The van der Waals surface area contributed by atoms with Crippen LogP contribution in [0.1, 0.15) is 41.3 Å². The van der Waals surface area contributed by atoms with Crippen LogP contribution in [-0.2, 0) is 23.2 Å². The molecule has 3 heterocycles. The molecule has 0 spiro atoms. The highest BCUT2D eigenvalue weighted by molar-refractivity contribution is 6.39. The Bertz CT molecular complexity index is 1680. The van der Waals surface area contributed by atoms with E-state index < -0.39 is 23.2 Å². The van der Waals surface area contributed by atoms with Gasteiger partial charge in [0, 0.05) is 17.0 Å². The van der Waals surface area contributed by atoms with Crippen molar-refractivity contribution in [2.45, 2.75) is 37.1 Å². The normalized spacial score (nSPS) is 16.1. The van der Waals surface area contributed by atoms with Gasteiger partial charge in [-0.3, -0.25) is 4.79 Å². The standard InChI is InChI=1S/C29H21Cl3F3N3O5/c30-19-2-1-3-20(31)24(19)25-17(26(43-37-25)15-4-5-15)11-41-16-6-7-18(21(32)10-16)28(40)12-38(13-28)23-9-8-22(42-14-39)27(36-23)29(33,34)35/h1-3,6-10,14-15,40H,4-5,11-13H2. The number of pyridine rings is 1. The number of nitrogens with zero attached hydrogens (tertiary/aromatic N) is 3. The van der Waals surface area contributed by atoms with Crippen molar-refractivity contribution in [2.24, 2.45) is 0 Å². The molecule has 1 saturated heterocycles. The maximum atomic E-state index is 13.4. The second kappa shape index (κ2) is 11.2. The molecule has 2 aromatic heterocycles. The minimum Gasteiger partial charge on any atom is -0.489 e. The van der Waals surface area contributed by atoms with Gasteiger partial charge in [0.2, 0.25) is 0 Å². The average Bonchev–Trinajstić information content (AvgIpc) is 3.70. The van der Waals surface area contributed by atoms with Crippen LogP contribution in [0.2, 0.25) is 15.1 Å². The lowest BCUT2D eigenvalue weighted by atomic mass is 9.86. The number of hydrogen-bond acceptors (Lipinski definition) is 8. The minimum absolute atomic E-state index is 0.0408. The van der Waals surface area contributed by atoms with Crippen LogP contribution in [0.3, 0.4) is 0 Å². The zero-order chi connectivity index (χ0) is 30.5. The SMILES string of the molecule is O=COc1ccc(N2CC(O)(c3ccc(OCc4c(-c5c(Cl)cccc5Cl)noc4C4CC4)cc3Cl)C2)nc1C(F)(F)F. The van der Waals surface area contributed by atoms with Crippen molar-refractivity contribution in [1.82, 2.24) is 10.1 Å². The van der Waals surface area contributed by atoms with Crippen LogP contribution in [0.4, 0.5) is 19.0 Å². The van der Waals surface area contributed by atoms with Crippen molar-refractivity contribution < 1.29 is 37.1 Å². The largest absolute Gasteiger partial charge is 0.489 e. The number of carbonyl (C=O) groups is 1. The molecule has 6 rings (SSSR count). The molecular formula is C29H21Cl3F3N3O5. The molecule has 0 amide bonds. The first-order chi connectivity index (χ1) is 20.5. The molecule has 1 aliphatic carbocycles. The van der Waals surface area contributed by atoms with Gasteiger partial charge in [-0.1, -0.05) is 52.1 Å². The van der Waals surface area contributed by atoms with E-state index >= 15 is 0 Å². The van der Waals surface area contributed by atoms with Gasteiger partial charge in [-0.05, 0) is 49.2 Å². The van der Waals surface area contributed by atoms with E-state index in [2.05, 4.69) is 14.9 Å². The molecule has 0 radical (unpaired) electrons. The molecule has 224 valence electrons. The first kappa shape index (κ1) is 29.6. The summed E-state index contributed by atoms with van der Waals surface area (Å²) in [4.78, 5) is 15.6. The van der Waals surface area contributed by atoms with E-state index in [1.165, 1.54) is 11.0 Å². The number of benzene rings is 2. The molecule has 2 aliphatic rings. The van der Waals surface area contributed by atoms with E-state index in [0.717, 1.165) is 24.5 Å². The Morgan fingerprint density at radius 2 is 1.79 bits per heavy atom. The molecule has 0 unspecified atom stereocenters. The number of hydrogen-bond donors (Lipinski definition) is 1. The summed E-state index contributed by atoms with van der Waals surface area (Å²) in [6.45, 7) is -0.150. The van der Waals surface area contributed by atoms with Crippen LogP contribution in [0.25, 0.3) is 11.3 Å². The molecule has 14 heteroatoms. The number of aliphatic hydroxyl groups is 1. The van der Waals surface area contributed by atoms with Gasteiger partial charge >= 0.3 is 6.18 Å². The molecule has 2 fully saturated rings. The quantitative estimate of drug-likeness (QED) is 0.186. The Morgan fingerprint density at radius 3 is 2.42 bits per heavy atom. The van der Waals surface area contributed by atoms with Crippen LogP contribution in [-0.4, -0.2) is 34.8 Å². The van der Waals surface area contributed by atoms with Gasteiger partial charge in [0.1, 0.15) is 35.2 Å². The number of rotatable bonds is 9. The molecule has 1 aliphatic heterocycles. The van der Waals surface area contributed by atoms with E-state index in [9.17, 15) is 23.1 Å². The lowest BCUT2D eigenvalue weighted by Crippen LogP contribution is -2.60. The first-order valence-corrected chi connectivity index (χ1v) is 14.1. The third kappa shape index (κ3) is 5.74. The van der Waals surface area contributed by atoms with Crippen molar-refractivity contribution in [3.63, 3.8) is 0 Å². The maximum absolute atomic E-state index is 13.4. The number of anilines is 1. The van der Waals surface area contributed by atoms with Crippen molar-refractivity contribution in [1.29, 1.82) is 0 Å². The Kier molecular flexibility index (Phi) is 7.70. The summed E-state index contributed by atoms with van der Waals surface area (Å²) >= 11 is 19.4. The van der Waals surface area contributed by atoms with E-state index in [4.69, 9.17) is 44.1 Å². The van der Waals surface area contributed by atoms with Crippen molar-refractivity contribution in [3.05, 3.63) is 86.2 Å². The summed E-state index contributed by atoms with van der Waals surface area (Å²) in [6, 6.07) is 12.2. The summed E-state index contributed by atoms with van der Waals surface area (Å²) in [6.07, 6.45) is -2.91. The highest BCUT2D eigenvalue weighted by Crippen LogP contribution is 2.47. The van der Waals surface area contributed by atoms with Crippen LogP contribution < -0.4 is 14.4 Å². The fourth-order valence-electron chi connectivity index (χ4n) is 5.05. The molecule has 0 bridgehead atoms. The lowest BCUT2D eigenvalue weighted by molar-refractivity contribution is -0.143. The highest BCUT2D eigenvalue weighted by atomic mass is 35.5. The van der Waals surface area contributed by atoms with Gasteiger partial charge in [-0.15, -0.1) is 0 Å². The van der Waals surface area contributed by atoms with Crippen molar-refractivity contribution in [3.8, 4) is 22.8 Å². The number of aromatic nitrogens is 2. The Hall–Kier alpha value is -3.51. The molecule has 1 saturated carbocycles. The molecule has 8 nitrogen and oxygen atoms in total. The summed E-state index contributed by atoms with van der Waals surface area (Å²) < 4.78 is 56.4. The van der Waals surface area contributed by atoms with Gasteiger partial charge in [-0.25, -0.2) is 4.98 Å². The second-order valence-corrected chi connectivity index (χ2v) is 11.5. The third-order valence-corrected chi connectivity index (χ3v) is 8.25. The van der Waals surface area contributed by atoms with Crippen molar-refractivity contribution >= 4 is 47.1 Å². The van der Waals surface area contributed by atoms with Crippen LogP contribution in [0.15, 0.2) is 53.1 Å². The summed E-state index contributed by atoms with van der Waals surface area (Å²) in [5.74, 6) is 0.609. The Balaban J connectivity index is 1.18. The highest BCUT2D eigenvalue weighted by Gasteiger charge is 2.46. The minimum atomic E-state index is -4.85. The van der Waals surface area contributed by atoms with Gasteiger partial charge in [-0.2, -0.15) is 13.2 Å². The predicted octanol–water partition coefficient (Wildman–Crippen LogP) is 7.42. The zero-order valence-corrected chi connectivity index (χ0v) is 24.3. The Morgan fingerprint density at radius 1 is 1.07 bits per heavy atom.